The summed E-state index contributed by atoms with van der Waals surface area (Å²) in [6, 6.07) is 15.1. The molecule has 3 atom stereocenters. The Morgan fingerprint density at radius 3 is 2.04 bits per heavy atom. The minimum atomic E-state index is -4.61. The molecule has 2 amide bonds. The molecule has 3 unspecified atom stereocenters. The Balaban J connectivity index is 1.21. The highest BCUT2D eigenvalue weighted by Crippen LogP contribution is 2.42. The van der Waals surface area contributed by atoms with E-state index in [-0.39, 0.29) is 35.9 Å². The SMILES string of the molecule is CC(C)(C)OC(=O)NC1C2CC1CN(C(=O)C(NS(=O)(=O)c1ccc(OCC3CCCCC3)cc1)C(F)(F)c1ccc(-c3ccc(Cl)cc3)cc1)C2. The fourth-order valence-electron chi connectivity index (χ4n) is 7.41. The Bertz CT molecular complexity index is 1820. The van der Waals surface area contributed by atoms with Crippen molar-refractivity contribution < 1.29 is 36.3 Å². The van der Waals surface area contributed by atoms with E-state index in [1.165, 1.54) is 59.9 Å². The van der Waals surface area contributed by atoms with Gasteiger partial charge in [-0.25, -0.2) is 13.2 Å². The van der Waals surface area contributed by atoms with Gasteiger partial charge in [-0.15, -0.1) is 0 Å². The molecule has 2 aliphatic carbocycles. The third-order valence-electron chi connectivity index (χ3n) is 10.2. The second-order valence-corrected chi connectivity index (χ2v) is 17.4. The predicted molar refractivity (Wildman–Crippen MR) is 195 cm³/mol. The summed E-state index contributed by atoms with van der Waals surface area (Å²) in [5.74, 6) is -4.46. The van der Waals surface area contributed by atoms with Gasteiger partial charge in [0, 0.05) is 29.7 Å². The number of rotatable bonds is 11. The number of nitrogens with zero attached hydrogens (tertiary/aromatic N) is 1. The molecule has 2 heterocycles. The third kappa shape index (κ3) is 8.89. The summed E-state index contributed by atoms with van der Waals surface area (Å²) in [5.41, 5.74) is 0.172. The third-order valence-corrected chi connectivity index (χ3v) is 11.9. The van der Waals surface area contributed by atoms with E-state index in [4.69, 9.17) is 21.1 Å². The van der Waals surface area contributed by atoms with Crippen molar-refractivity contribution in [3.05, 3.63) is 83.4 Å². The molecule has 52 heavy (non-hydrogen) atoms. The van der Waals surface area contributed by atoms with Crippen molar-refractivity contribution in [1.29, 1.82) is 0 Å². The number of benzene rings is 3. The molecule has 0 radical (unpaired) electrons. The first kappa shape index (κ1) is 38.0. The summed E-state index contributed by atoms with van der Waals surface area (Å²) in [6.07, 6.45) is 5.83. The van der Waals surface area contributed by atoms with E-state index in [2.05, 4.69) is 10.0 Å². The zero-order chi connectivity index (χ0) is 37.3. The van der Waals surface area contributed by atoms with E-state index in [0.717, 1.165) is 31.2 Å². The summed E-state index contributed by atoms with van der Waals surface area (Å²) in [7, 11) is -4.61. The molecule has 4 aliphatic rings. The van der Waals surface area contributed by atoms with Gasteiger partial charge in [0.15, 0.2) is 6.04 Å². The summed E-state index contributed by atoms with van der Waals surface area (Å²) in [5, 5.41) is 3.39. The molecule has 2 N–H and O–H groups in total. The number of fused-ring (bicyclic) bond motifs is 2. The number of carbonyl (C=O) groups excluding carboxylic acids is 2. The van der Waals surface area contributed by atoms with Crippen LogP contribution in [0.3, 0.4) is 0 Å². The van der Waals surface area contributed by atoms with E-state index >= 15 is 8.78 Å². The van der Waals surface area contributed by atoms with Crippen LogP contribution in [0, 0.1) is 17.8 Å². The van der Waals surface area contributed by atoms with Gasteiger partial charge < -0.3 is 19.7 Å². The highest BCUT2D eigenvalue weighted by Gasteiger charge is 2.54. The number of piperidine rings is 2. The number of alkyl halides is 2. The Kier molecular flexibility index (Phi) is 11.2. The van der Waals surface area contributed by atoms with Crippen LogP contribution in [0.2, 0.25) is 5.02 Å². The molecular formula is C39H46ClF2N3O6S. The van der Waals surface area contributed by atoms with E-state index in [0.29, 0.717) is 35.3 Å². The van der Waals surface area contributed by atoms with Crippen LogP contribution in [0.1, 0.15) is 64.9 Å². The van der Waals surface area contributed by atoms with Gasteiger partial charge in [0.1, 0.15) is 11.4 Å². The molecule has 3 aromatic rings. The smallest absolute Gasteiger partial charge is 0.407 e. The minimum absolute atomic E-state index is 0.0760. The van der Waals surface area contributed by atoms with Gasteiger partial charge in [0.25, 0.3) is 5.92 Å². The topological polar surface area (TPSA) is 114 Å². The number of carbonyl (C=O) groups is 2. The summed E-state index contributed by atoms with van der Waals surface area (Å²) in [4.78, 5) is 27.6. The van der Waals surface area contributed by atoms with Crippen LogP contribution in [0.15, 0.2) is 77.7 Å². The molecule has 4 fully saturated rings. The van der Waals surface area contributed by atoms with E-state index in [1.807, 2.05) is 0 Å². The Morgan fingerprint density at radius 2 is 1.46 bits per heavy atom. The van der Waals surface area contributed by atoms with Crippen molar-refractivity contribution in [1.82, 2.24) is 14.9 Å². The number of hydrogen-bond acceptors (Lipinski definition) is 6. The largest absolute Gasteiger partial charge is 0.493 e. The van der Waals surface area contributed by atoms with Crippen molar-refractivity contribution in [3.63, 3.8) is 0 Å². The molecule has 2 aliphatic heterocycles. The van der Waals surface area contributed by atoms with Crippen LogP contribution < -0.4 is 14.8 Å². The zero-order valence-electron chi connectivity index (χ0n) is 29.6. The maximum Gasteiger partial charge on any atom is 0.407 e. The van der Waals surface area contributed by atoms with Gasteiger partial charge in [0.2, 0.25) is 15.9 Å². The average Bonchev–Trinajstić information content (AvgIpc) is 3.12. The number of alkyl carbamates (subject to hydrolysis) is 1. The minimum Gasteiger partial charge on any atom is -0.493 e. The molecule has 2 saturated heterocycles. The van der Waals surface area contributed by atoms with Crippen LogP contribution >= 0.6 is 11.6 Å². The average molecular weight is 758 g/mol. The molecule has 13 heteroatoms. The van der Waals surface area contributed by atoms with Crippen molar-refractivity contribution in [2.24, 2.45) is 17.8 Å². The van der Waals surface area contributed by atoms with Crippen LogP contribution in [-0.4, -0.2) is 62.7 Å². The first-order valence-electron chi connectivity index (χ1n) is 17.9. The fraction of sp³-hybridized carbons (Fsp3) is 0.487. The molecule has 0 aromatic heterocycles. The van der Waals surface area contributed by atoms with E-state index in [1.54, 1.807) is 45.0 Å². The predicted octanol–water partition coefficient (Wildman–Crippen LogP) is 7.78. The fourth-order valence-corrected chi connectivity index (χ4v) is 8.72. The van der Waals surface area contributed by atoms with Crippen molar-refractivity contribution in [3.8, 4) is 16.9 Å². The lowest BCUT2D eigenvalue weighted by molar-refractivity contribution is -0.152. The van der Waals surface area contributed by atoms with Gasteiger partial charge in [0.05, 0.1) is 11.5 Å². The highest BCUT2D eigenvalue weighted by atomic mass is 35.5. The van der Waals surface area contributed by atoms with Gasteiger partial charge in [-0.3, -0.25) is 4.79 Å². The van der Waals surface area contributed by atoms with Crippen LogP contribution in [-0.2, 0) is 25.5 Å². The summed E-state index contributed by atoms with van der Waals surface area (Å²) in [6.45, 7) is 5.93. The van der Waals surface area contributed by atoms with Crippen LogP contribution in [0.5, 0.6) is 5.75 Å². The number of sulfonamides is 1. The number of ether oxygens (including phenoxy) is 2. The summed E-state index contributed by atoms with van der Waals surface area (Å²) < 4.78 is 74.1. The molecular weight excluding hydrogens is 712 g/mol. The number of amides is 2. The quantitative estimate of drug-likeness (QED) is 0.207. The normalized spacial score (nSPS) is 21.5. The number of halogens is 3. The molecule has 7 rings (SSSR count). The molecule has 280 valence electrons. The molecule has 3 aromatic carbocycles. The summed E-state index contributed by atoms with van der Waals surface area (Å²) >= 11 is 6.00. The van der Waals surface area contributed by atoms with Crippen molar-refractivity contribution in [2.75, 3.05) is 19.7 Å². The van der Waals surface area contributed by atoms with E-state index in [9.17, 15) is 18.0 Å². The Hall–Kier alpha value is -3.74. The Morgan fingerprint density at radius 1 is 0.885 bits per heavy atom. The zero-order valence-corrected chi connectivity index (χ0v) is 31.2. The van der Waals surface area contributed by atoms with Gasteiger partial charge in [-0.2, -0.15) is 13.5 Å². The maximum absolute atomic E-state index is 16.6. The monoisotopic (exact) mass is 757 g/mol. The lowest BCUT2D eigenvalue weighted by Gasteiger charge is -2.54. The van der Waals surface area contributed by atoms with Gasteiger partial charge in [-0.05, 0) is 105 Å². The number of nitrogens with one attached hydrogen (secondary N) is 2. The van der Waals surface area contributed by atoms with Gasteiger partial charge >= 0.3 is 6.09 Å². The second kappa shape index (κ2) is 15.3. The highest BCUT2D eigenvalue weighted by molar-refractivity contribution is 7.89. The van der Waals surface area contributed by atoms with Crippen LogP contribution in [0.25, 0.3) is 11.1 Å². The first-order chi connectivity index (χ1) is 24.6. The lowest BCUT2D eigenvalue weighted by Crippen LogP contribution is -2.68. The molecule has 2 saturated carbocycles. The van der Waals surface area contributed by atoms with Crippen molar-refractivity contribution in [2.45, 2.75) is 87.8 Å². The van der Waals surface area contributed by atoms with Crippen LogP contribution in [0.4, 0.5) is 13.6 Å². The standard InChI is InChI=1S/C39H46ClF2N3O6S/c1-38(2,3)51-37(47)43-34-28-21-29(34)23-45(22-28)36(46)35(39(41,42)30-13-9-26(10-14-30)27-11-15-31(40)16-12-27)44-52(48,49)33-19-17-32(18-20-33)50-24-25-7-5-4-6-8-25/h9-20,25,28-29,34-35,44H,4-8,21-24H2,1-3H3,(H,43,47). The second-order valence-electron chi connectivity index (χ2n) is 15.2. The van der Waals surface area contributed by atoms with E-state index < -0.39 is 45.2 Å². The number of hydrogen-bond donors (Lipinski definition) is 2. The van der Waals surface area contributed by atoms with Gasteiger partial charge in [-0.1, -0.05) is 67.3 Å². The molecule has 0 spiro atoms. The lowest BCUT2D eigenvalue weighted by atomic mass is 9.66. The Labute approximate surface area is 309 Å². The van der Waals surface area contributed by atoms with Crippen molar-refractivity contribution >= 4 is 33.6 Å². The first-order valence-corrected chi connectivity index (χ1v) is 19.7. The molecule has 9 nitrogen and oxygen atoms in total. The maximum atomic E-state index is 16.6. The molecule has 2 bridgehead atoms.